The van der Waals surface area contributed by atoms with Gasteiger partial charge in [-0.1, -0.05) is 6.92 Å². The zero-order valence-corrected chi connectivity index (χ0v) is 12.6. The molecule has 0 spiro atoms. The predicted molar refractivity (Wildman–Crippen MR) is 83.1 cm³/mol. The smallest absolute Gasteiger partial charge is 0.129 e. The molecule has 2 heterocycles. The summed E-state index contributed by atoms with van der Waals surface area (Å²) < 4.78 is 0. The van der Waals surface area contributed by atoms with E-state index in [9.17, 15) is 5.11 Å². The first-order valence-electron chi connectivity index (χ1n) is 7.18. The third-order valence-electron chi connectivity index (χ3n) is 3.68. The van der Waals surface area contributed by atoms with E-state index in [1.807, 2.05) is 12.1 Å². The van der Waals surface area contributed by atoms with Gasteiger partial charge in [-0.2, -0.15) is 11.3 Å². The molecule has 1 fully saturated rings. The molecule has 1 N–H and O–H groups in total. The number of rotatable bonds is 6. The highest BCUT2D eigenvalue weighted by molar-refractivity contribution is 7.07. The van der Waals surface area contributed by atoms with Crippen LogP contribution in [0.3, 0.4) is 0 Å². The highest BCUT2D eigenvalue weighted by Gasteiger charge is 2.30. The lowest BCUT2D eigenvalue weighted by Gasteiger charge is -2.24. The number of anilines is 1. The third kappa shape index (κ3) is 3.02. The summed E-state index contributed by atoms with van der Waals surface area (Å²) in [6.45, 7) is 3.10. The SMILES string of the molecule is CCc1cc(CO)cc(N(Cc2ccsc2)C2CC2)n1. The summed E-state index contributed by atoms with van der Waals surface area (Å²) in [4.78, 5) is 7.15. The molecule has 0 aliphatic heterocycles. The molecule has 0 amide bonds. The van der Waals surface area contributed by atoms with Gasteiger partial charge in [0.25, 0.3) is 0 Å². The average Bonchev–Trinajstić information content (AvgIpc) is 3.20. The van der Waals surface area contributed by atoms with Crippen LogP contribution in [0, 0.1) is 0 Å². The maximum Gasteiger partial charge on any atom is 0.129 e. The Morgan fingerprint density at radius 1 is 1.35 bits per heavy atom. The van der Waals surface area contributed by atoms with Crippen molar-refractivity contribution in [1.82, 2.24) is 4.98 Å². The molecule has 3 nitrogen and oxygen atoms in total. The fraction of sp³-hybridized carbons (Fsp3) is 0.438. The van der Waals surface area contributed by atoms with E-state index < -0.39 is 0 Å². The molecule has 1 saturated carbocycles. The molecule has 0 saturated heterocycles. The standard InChI is InChI=1S/C16H20N2OS/c1-2-14-7-13(10-19)8-16(17-14)18(15-3-4-15)9-12-5-6-20-11-12/h5-8,11,15,19H,2-4,9-10H2,1H3. The van der Waals surface area contributed by atoms with Gasteiger partial charge >= 0.3 is 0 Å². The van der Waals surface area contributed by atoms with Gasteiger partial charge in [-0.3, -0.25) is 0 Å². The lowest BCUT2D eigenvalue weighted by atomic mass is 10.2. The minimum absolute atomic E-state index is 0.0828. The summed E-state index contributed by atoms with van der Waals surface area (Å²) in [5.41, 5.74) is 3.36. The van der Waals surface area contributed by atoms with Crippen molar-refractivity contribution in [3.63, 3.8) is 0 Å². The van der Waals surface area contributed by atoms with Crippen LogP contribution in [0.4, 0.5) is 5.82 Å². The van der Waals surface area contributed by atoms with Gasteiger partial charge in [0.2, 0.25) is 0 Å². The van der Waals surface area contributed by atoms with Crippen molar-refractivity contribution in [3.05, 3.63) is 45.8 Å². The lowest BCUT2D eigenvalue weighted by molar-refractivity contribution is 0.281. The minimum atomic E-state index is 0.0828. The zero-order chi connectivity index (χ0) is 13.9. The Balaban J connectivity index is 1.90. The Labute approximate surface area is 123 Å². The molecule has 1 aliphatic carbocycles. The number of hydrogen-bond donors (Lipinski definition) is 1. The van der Waals surface area contributed by atoms with E-state index in [1.54, 1.807) is 11.3 Å². The number of pyridine rings is 1. The van der Waals surface area contributed by atoms with Gasteiger partial charge in [0.15, 0.2) is 0 Å². The Hall–Kier alpha value is -1.39. The van der Waals surface area contributed by atoms with Crippen LogP contribution in [0.1, 0.15) is 36.6 Å². The quantitative estimate of drug-likeness (QED) is 0.885. The van der Waals surface area contributed by atoms with Gasteiger partial charge in [0.05, 0.1) is 6.61 Å². The molecule has 2 aromatic rings. The van der Waals surface area contributed by atoms with Crippen molar-refractivity contribution in [2.45, 2.75) is 45.4 Å². The van der Waals surface area contributed by atoms with Crippen LogP contribution in [0.2, 0.25) is 0 Å². The van der Waals surface area contributed by atoms with Crippen LogP contribution < -0.4 is 4.90 Å². The van der Waals surface area contributed by atoms with Crippen LogP contribution in [0.25, 0.3) is 0 Å². The van der Waals surface area contributed by atoms with E-state index in [1.165, 1.54) is 18.4 Å². The molecule has 0 radical (unpaired) electrons. The molecule has 20 heavy (non-hydrogen) atoms. The highest BCUT2D eigenvalue weighted by atomic mass is 32.1. The number of aliphatic hydroxyl groups is 1. The molecule has 3 rings (SSSR count). The van der Waals surface area contributed by atoms with Crippen molar-refractivity contribution in [2.24, 2.45) is 0 Å². The molecule has 106 valence electrons. The minimum Gasteiger partial charge on any atom is -0.392 e. The molecule has 1 aliphatic rings. The molecule has 0 bridgehead atoms. The Morgan fingerprint density at radius 3 is 2.80 bits per heavy atom. The van der Waals surface area contributed by atoms with E-state index in [4.69, 9.17) is 4.98 Å². The van der Waals surface area contributed by atoms with Crippen LogP contribution in [0.5, 0.6) is 0 Å². The molecule has 0 atom stereocenters. The molecular weight excluding hydrogens is 268 g/mol. The Morgan fingerprint density at radius 2 is 2.20 bits per heavy atom. The van der Waals surface area contributed by atoms with Gasteiger partial charge in [0.1, 0.15) is 5.82 Å². The summed E-state index contributed by atoms with van der Waals surface area (Å²) in [7, 11) is 0. The fourth-order valence-corrected chi connectivity index (χ4v) is 3.08. The number of thiophene rings is 1. The number of aliphatic hydroxyl groups excluding tert-OH is 1. The Kier molecular flexibility index (Phi) is 4.03. The fourth-order valence-electron chi connectivity index (χ4n) is 2.42. The Bertz CT molecular complexity index is 542. The first-order chi connectivity index (χ1) is 9.80. The van der Waals surface area contributed by atoms with Gasteiger partial charge < -0.3 is 10.0 Å². The molecule has 4 heteroatoms. The molecule has 0 unspecified atom stereocenters. The monoisotopic (exact) mass is 288 g/mol. The normalized spacial score (nSPS) is 14.5. The number of hydrogen-bond acceptors (Lipinski definition) is 4. The van der Waals surface area contributed by atoms with E-state index in [2.05, 4.69) is 28.7 Å². The predicted octanol–water partition coefficient (Wildman–Crippen LogP) is 3.37. The summed E-state index contributed by atoms with van der Waals surface area (Å²) in [5, 5.41) is 13.8. The van der Waals surface area contributed by atoms with E-state index in [0.717, 1.165) is 30.0 Å². The number of nitrogens with zero attached hydrogens (tertiary/aromatic N) is 2. The third-order valence-corrected chi connectivity index (χ3v) is 4.42. The van der Waals surface area contributed by atoms with Crippen molar-refractivity contribution in [3.8, 4) is 0 Å². The number of aryl methyl sites for hydroxylation is 1. The first kappa shape index (κ1) is 13.6. The van der Waals surface area contributed by atoms with Gasteiger partial charge in [-0.25, -0.2) is 4.98 Å². The second-order valence-corrected chi connectivity index (χ2v) is 6.11. The summed E-state index contributed by atoms with van der Waals surface area (Å²) >= 11 is 1.74. The van der Waals surface area contributed by atoms with Crippen LogP contribution in [-0.4, -0.2) is 16.1 Å². The zero-order valence-electron chi connectivity index (χ0n) is 11.7. The maximum atomic E-state index is 9.43. The van der Waals surface area contributed by atoms with E-state index in [-0.39, 0.29) is 6.61 Å². The van der Waals surface area contributed by atoms with E-state index in [0.29, 0.717) is 6.04 Å². The topological polar surface area (TPSA) is 36.4 Å². The summed E-state index contributed by atoms with van der Waals surface area (Å²) in [6.07, 6.45) is 3.39. The first-order valence-corrected chi connectivity index (χ1v) is 8.13. The van der Waals surface area contributed by atoms with Gasteiger partial charge in [-0.15, -0.1) is 0 Å². The summed E-state index contributed by atoms with van der Waals surface area (Å²) in [6, 6.07) is 6.82. The maximum absolute atomic E-state index is 9.43. The van der Waals surface area contributed by atoms with Crippen molar-refractivity contribution >= 4 is 17.2 Å². The lowest BCUT2D eigenvalue weighted by Crippen LogP contribution is -2.26. The van der Waals surface area contributed by atoms with Crippen molar-refractivity contribution in [1.29, 1.82) is 0 Å². The number of aromatic nitrogens is 1. The van der Waals surface area contributed by atoms with Crippen LogP contribution >= 0.6 is 11.3 Å². The average molecular weight is 288 g/mol. The van der Waals surface area contributed by atoms with Crippen LogP contribution in [0.15, 0.2) is 29.0 Å². The second kappa shape index (κ2) is 5.94. The van der Waals surface area contributed by atoms with Crippen molar-refractivity contribution in [2.75, 3.05) is 4.90 Å². The van der Waals surface area contributed by atoms with Crippen molar-refractivity contribution < 1.29 is 5.11 Å². The van der Waals surface area contributed by atoms with Gasteiger partial charge in [-0.05, 0) is 59.3 Å². The molecule has 2 aromatic heterocycles. The largest absolute Gasteiger partial charge is 0.392 e. The summed E-state index contributed by atoms with van der Waals surface area (Å²) in [5.74, 6) is 1.02. The second-order valence-electron chi connectivity index (χ2n) is 5.33. The van der Waals surface area contributed by atoms with Crippen LogP contribution in [-0.2, 0) is 19.6 Å². The molecular formula is C16H20N2OS. The highest BCUT2D eigenvalue weighted by Crippen LogP contribution is 2.33. The van der Waals surface area contributed by atoms with E-state index >= 15 is 0 Å². The van der Waals surface area contributed by atoms with Gasteiger partial charge in [0, 0.05) is 18.3 Å². The molecule has 0 aromatic carbocycles.